The number of carbonyl (C=O) groups is 1. The highest BCUT2D eigenvalue weighted by Gasteiger charge is 2.06. The van der Waals surface area contributed by atoms with Gasteiger partial charge in [-0.05, 0) is 55.0 Å². The molecule has 0 radical (unpaired) electrons. The molecule has 0 spiro atoms. The van der Waals surface area contributed by atoms with Crippen LogP contribution in [0.4, 0.5) is 16.2 Å². The lowest BCUT2D eigenvalue weighted by Crippen LogP contribution is -2.19. The van der Waals surface area contributed by atoms with Crippen molar-refractivity contribution in [2.45, 2.75) is 9.79 Å². The number of urea groups is 1. The SMILES string of the molecule is CSc1ccc(NC(=O)Nc2ccc(SC)cc2Cl)cc1. The van der Waals surface area contributed by atoms with Gasteiger partial charge in [0.05, 0.1) is 10.7 Å². The molecule has 21 heavy (non-hydrogen) atoms. The summed E-state index contributed by atoms with van der Waals surface area (Å²) in [6.45, 7) is 0. The summed E-state index contributed by atoms with van der Waals surface area (Å²) in [4.78, 5) is 14.2. The van der Waals surface area contributed by atoms with Crippen LogP contribution in [0.1, 0.15) is 0 Å². The van der Waals surface area contributed by atoms with Crippen molar-refractivity contribution in [2.24, 2.45) is 0 Å². The molecule has 0 aliphatic rings. The molecule has 2 aromatic rings. The molecular weight excluding hydrogens is 324 g/mol. The Balaban J connectivity index is 2.00. The number of hydrogen-bond acceptors (Lipinski definition) is 3. The summed E-state index contributed by atoms with van der Waals surface area (Å²) in [6.07, 6.45) is 3.99. The molecule has 0 fully saturated rings. The van der Waals surface area contributed by atoms with E-state index < -0.39 is 0 Å². The fourth-order valence-corrected chi connectivity index (χ4v) is 2.82. The summed E-state index contributed by atoms with van der Waals surface area (Å²) in [5.41, 5.74) is 1.33. The molecule has 2 rings (SSSR count). The number of thioether (sulfide) groups is 2. The highest BCUT2D eigenvalue weighted by molar-refractivity contribution is 7.98. The van der Waals surface area contributed by atoms with E-state index in [9.17, 15) is 4.79 Å². The highest BCUT2D eigenvalue weighted by atomic mass is 35.5. The van der Waals surface area contributed by atoms with Crippen molar-refractivity contribution < 1.29 is 4.79 Å². The zero-order valence-electron chi connectivity index (χ0n) is 11.6. The molecule has 2 amide bonds. The van der Waals surface area contributed by atoms with Crippen LogP contribution in [0.5, 0.6) is 0 Å². The molecule has 2 N–H and O–H groups in total. The van der Waals surface area contributed by atoms with E-state index in [4.69, 9.17) is 11.6 Å². The molecule has 0 heterocycles. The third-order valence-corrected chi connectivity index (χ3v) is 4.55. The maximum absolute atomic E-state index is 12.0. The summed E-state index contributed by atoms with van der Waals surface area (Å²) in [5, 5.41) is 6.04. The number of amides is 2. The van der Waals surface area contributed by atoms with Crippen molar-refractivity contribution >= 4 is 52.5 Å². The smallest absolute Gasteiger partial charge is 0.308 e. The Morgan fingerprint density at radius 3 is 2.14 bits per heavy atom. The van der Waals surface area contributed by atoms with E-state index in [1.165, 1.54) is 0 Å². The van der Waals surface area contributed by atoms with Gasteiger partial charge in [-0.1, -0.05) is 11.6 Å². The Kier molecular flexibility index (Phi) is 5.85. The second kappa shape index (κ2) is 7.64. The third kappa shape index (κ3) is 4.59. The quantitative estimate of drug-likeness (QED) is 0.730. The maximum Gasteiger partial charge on any atom is 0.323 e. The van der Waals surface area contributed by atoms with Crippen molar-refractivity contribution in [3.8, 4) is 0 Å². The fraction of sp³-hybridized carbons (Fsp3) is 0.133. The Bertz CT molecular complexity index is 632. The van der Waals surface area contributed by atoms with Crippen molar-refractivity contribution in [3.63, 3.8) is 0 Å². The van der Waals surface area contributed by atoms with Gasteiger partial charge in [0.25, 0.3) is 0 Å². The van der Waals surface area contributed by atoms with Crippen molar-refractivity contribution in [1.82, 2.24) is 0 Å². The van der Waals surface area contributed by atoms with Gasteiger partial charge in [0.1, 0.15) is 0 Å². The lowest BCUT2D eigenvalue weighted by atomic mass is 10.3. The predicted molar refractivity (Wildman–Crippen MR) is 94.1 cm³/mol. The highest BCUT2D eigenvalue weighted by Crippen LogP contribution is 2.27. The number of halogens is 1. The zero-order valence-corrected chi connectivity index (χ0v) is 14.0. The van der Waals surface area contributed by atoms with Gasteiger partial charge >= 0.3 is 6.03 Å². The molecular formula is C15H15ClN2OS2. The monoisotopic (exact) mass is 338 g/mol. The van der Waals surface area contributed by atoms with Gasteiger partial charge in [-0.15, -0.1) is 23.5 Å². The van der Waals surface area contributed by atoms with Crippen LogP contribution < -0.4 is 10.6 Å². The van der Waals surface area contributed by atoms with Crippen LogP contribution in [0, 0.1) is 0 Å². The van der Waals surface area contributed by atoms with Gasteiger partial charge in [-0.2, -0.15) is 0 Å². The van der Waals surface area contributed by atoms with E-state index >= 15 is 0 Å². The van der Waals surface area contributed by atoms with Crippen molar-refractivity contribution in [3.05, 3.63) is 47.5 Å². The van der Waals surface area contributed by atoms with Crippen LogP contribution in [-0.4, -0.2) is 18.5 Å². The Morgan fingerprint density at radius 1 is 0.952 bits per heavy atom. The lowest BCUT2D eigenvalue weighted by molar-refractivity contribution is 0.262. The fourth-order valence-electron chi connectivity index (χ4n) is 1.68. The van der Waals surface area contributed by atoms with Gasteiger partial charge in [-0.25, -0.2) is 4.79 Å². The minimum Gasteiger partial charge on any atom is -0.308 e. The standard InChI is InChI=1S/C15H15ClN2OS2/c1-20-11-5-3-10(4-6-11)17-15(19)18-14-8-7-12(21-2)9-13(14)16/h3-9H,1-2H3,(H2,17,18,19). The molecule has 0 saturated heterocycles. The number of rotatable bonds is 4. The van der Waals surface area contributed by atoms with Gasteiger partial charge < -0.3 is 10.6 Å². The molecule has 3 nitrogen and oxygen atoms in total. The summed E-state index contributed by atoms with van der Waals surface area (Å²) >= 11 is 9.39. The largest absolute Gasteiger partial charge is 0.323 e. The first-order valence-electron chi connectivity index (χ1n) is 6.18. The zero-order chi connectivity index (χ0) is 15.2. The molecule has 0 aliphatic carbocycles. The van der Waals surface area contributed by atoms with E-state index in [0.717, 1.165) is 15.5 Å². The van der Waals surface area contributed by atoms with Crippen molar-refractivity contribution in [1.29, 1.82) is 0 Å². The number of hydrogen-bond donors (Lipinski definition) is 2. The first-order valence-corrected chi connectivity index (χ1v) is 9.00. The molecule has 110 valence electrons. The molecule has 0 aromatic heterocycles. The van der Waals surface area contributed by atoms with E-state index in [1.54, 1.807) is 29.6 Å². The Labute approximate surface area is 137 Å². The molecule has 2 aromatic carbocycles. The van der Waals surface area contributed by atoms with Gasteiger partial charge in [-0.3, -0.25) is 0 Å². The topological polar surface area (TPSA) is 41.1 Å². The van der Waals surface area contributed by atoms with E-state index in [2.05, 4.69) is 10.6 Å². The van der Waals surface area contributed by atoms with Crippen LogP contribution in [0.3, 0.4) is 0 Å². The molecule has 0 atom stereocenters. The third-order valence-electron chi connectivity index (χ3n) is 2.77. The summed E-state index contributed by atoms with van der Waals surface area (Å²) in [7, 11) is 0. The Hall–Kier alpha value is -1.30. The van der Waals surface area contributed by atoms with Gasteiger partial charge in [0.15, 0.2) is 0 Å². The molecule has 0 saturated carbocycles. The second-order valence-electron chi connectivity index (χ2n) is 4.15. The maximum atomic E-state index is 12.0. The van der Waals surface area contributed by atoms with Crippen molar-refractivity contribution in [2.75, 3.05) is 23.1 Å². The van der Waals surface area contributed by atoms with Crippen LogP contribution in [0.25, 0.3) is 0 Å². The number of carbonyl (C=O) groups excluding carboxylic acids is 1. The number of benzene rings is 2. The normalized spacial score (nSPS) is 10.2. The Morgan fingerprint density at radius 2 is 1.57 bits per heavy atom. The summed E-state index contributed by atoms with van der Waals surface area (Å²) in [5.74, 6) is 0. The minimum absolute atomic E-state index is 0.314. The first kappa shape index (κ1) is 16.1. The van der Waals surface area contributed by atoms with E-state index in [0.29, 0.717) is 10.7 Å². The van der Waals surface area contributed by atoms with Gasteiger partial charge in [0.2, 0.25) is 0 Å². The van der Waals surface area contributed by atoms with Crippen LogP contribution in [0.2, 0.25) is 5.02 Å². The van der Waals surface area contributed by atoms with Crippen LogP contribution in [0.15, 0.2) is 52.3 Å². The average molecular weight is 339 g/mol. The molecule has 6 heteroatoms. The average Bonchev–Trinajstić information content (AvgIpc) is 2.50. The van der Waals surface area contributed by atoms with E-state index in [-0.39, 0.29) is 6.03 Å². The lowest BCUT2D eigenvalue weighted by Gasteiger charge is -2.10. The number of nitrogens with one attached hydrogen (secondary N) is 2. The predicted octanol–water partition coefficient (Wildman–Crippen LogP) is 5.43. The first-order chi connectivity index (χ1) is 10.1. The summed E-state index contributed by atoms with van der Waals surface area (Å²) < 4.78 is 0. The second-order valence-corrected chi connectivity index (χ2v) is 6.32. The molecule has 0 bridgehead atoms. The van der Waals surface area contributed by atoms with Crippen LogP contribution >= 0.6 is 35.1 Å². The number of anilines is 2. The summed E-state index contributed by atoms with van der Waals surface area (Å²) in [6, 6.07) is 12.9. The molecule has 0 aliphatic heterocycles. The molecule has 0 unspecified atom stereocenters. The van der Waals surface area contributed by atoms with Gasteiger partial charge in [0, 0.05) is 15.5 Å². The minimum atomic E-state index is -0.314. The van der Waals surface area contributed by atoms with Crippen LogP contribution in [-0.2, 0) is 0 Å². The van der Waals surface area contributed by atoms with E-state index in [1.807, 2.05) is 48.9 Å².